The molecule has 1 aromatic carbocycles. The van der Waals surface area contributed by atoms with E-state index in [1.807, 2.05) is 24.3 Å². The minimum atomic E-state index is -0.500. The summed E-state index contributed by atoms with van der Waals surface area (Å²) < 4.78 is 0. The van der Waals surface area contributed by atoms with Gasteiger partial charge in [-0.05, 0) is 18.1 Å². The molecule has 1 amide bonds. The number of hydrogen-bond acceptors (Lipinski definition) is 2. The number of carbonyl (C=O) groups is 1. The predicted octanol–water partition coefficient (Wildman–Crippen LogP) is 1.44. The van der Waals surface area contributed by atoms with Crippen LogP contribution in [-0.2, 0) is 10.2 Å². The third kappa shape index (κ3) is 0.782. The van der Waals surface area contributed by atoms with Crippen LogP contribution in [0.25, 0.3) is 0 Å². The highest BCUT2D eigenvalue weighted by Gasteiger charge is 2.66. The van der Waals surface area contributed by atoms with Gasteiger partial charge in [0.1, 0.15) is 0 Å². The van der Waals surface area contributed by atoms with E-state index in [0.717, 1.165) is 11.3 Å². The predicted molar refractivity (Wildman–Crippen MR) is 55.3 cm³/mol. The highest BCUT2D eigenvalue weighted by molar-refractivity contribution is 6.10. The Morgan fingerprint density at radius 2 is 2.27 bits per heavy atom. The molecule has 1 saturated carbocycles. The van der Waals surface area contributed by atoms with Gasteiger partial charge in [0.05, 0.1) is 17.4 Å². The Kier molecular flexibility index (Phi) is 1.36. The lowest BCUT2D eigenvalue weighted by Crippen LogP contribution is -2.29. The van der Waals surface area contributed by atoms with Gasteiger partial charge in [-0.3, -0.25) is 4.79 Å². The fourth-order valence-electron chi connectivity index (χ4n) is 2.62. The van der Waals surface area contributed by atoms with E-state index in [1.54, 1.807) is 11.9 Å². The molecule has 1 spiro atoms. The zero-order valence-electron chi connectivity index (χ0n) is 8.40. The smallest absolute Gasteiger partial charge is 0.238 e. The fourth-order valence-corrected chi connectivity index (χ4v) is 2.62. The Labute approximate surface area is 87.9 Å². The van der Waals surface area contributed by atoms with Crippen LogP contribution in [0.1, 0.15) is 12.0 Å². The molecule has 1 aromatic rings. The summed E-state index contributed by atoms with van der Waals surface area (Å²) in [6.07, 6.45) is 0.684. The van der Waals surface area contributed by atoms with Gasteiger partial charge in [-0.2, -0.15) is 5.26 Å². The van der Waals surface area contributed by atoms with Crippen LogP contribution in [0, 0.1) is 17.2 Å². The number of rotatable bonds is 0. The quantitative estimate of drug-likeness (QED) is 0.633. The first-order valence-corrected chi connectivity index (χ1v) is 4.99. The molecule has 2 aliphatic rings. The normalized spacial score (nSPS) is 31.6. The number of fused-ring (bicyclic) bond motifs is 2. The van der Waals surface area contributed by atoms with Crippen molar-refractivity contribution in [2.24, 2.45) is 5.92 Å². The molecule has 3 heteroatoms. The number of anilines is 1. The lowest BCUT2D eigenvalue weighted by molar-refractivity contribution is -0.120. The Morgan fingerprint density at radius 3 is 2.93 bits per heavy atom. The summed E-state index contributed by atoms with van der Waals surface area (Å²) in [5, 5.41) is 8.94. The maximum Gasteiger partial charge on any atom is 0.238 e. The number of carbonyl (C=O) groups excluding carboxylic acids is 1. The number of nitrogens with zero attached hydrogens (tertiary/aromatic N) is 2. The van der Waals surface area contributed by atoms with E-state index in [9.17, 15) is 4.79 Å². The van der Waals surface area contributed by atoms with Crippen molar-refractivity contribution in [3.05, 3.63) is 29.8 Å². The molecule has 0 N–H and O–H groups in total. The molecule has 3 rings (SSSR count). The van der Waals surface area contributed by atoms with E-state index in [1.165, 1.54) is 0 Å². The van der Waals surface area contributed by atoms with Crippen LogP contribution in [0.15, 0.2) is 24.3 Å². The monoisotopic (exact) mass is 198 g/mol. The summed E-state index contributed by atoms with van der Waals surface area (Å²) in [4.78, 5) is 13.8. The van der Waals surface area contributed by atoms with Gasteiger partial charge in [0.15, 0.2) is 0 Å². The molecule has 0 radical (unpaired) electrons. The number of likely N-dealkylation sites (N-methyl/N-ethyl adjacent to an activating group) is 1. The van der Waals surface area contributed by atoms with E-state index < -0.39 is 5.41 Å². The van der Waals surface area contributed by atoms with Crippen LogP contribution in [0.4, 0.5) is 5.69 Å². The molecular weight excluding hydrogens is 188 g/mol. The summed E-state index contributed by atoms with van der Waals surface area (Å²) in [5.41, 5.74) is 1.49. The fraction of sp³-hybridized carbons (Fsp3) is 0.333. The van der Waals surface area contributed by atoms with Crippen molar-refractivity contribution in [2.75, 3.05) is 11.9 Å². The highest BCUT2D eigenvalue weighted by Crippen LogP contribution is 2.60. The number of para-hydroxylation sites is 1. The van der Waals surface area contributed by atoms with Gasteiger partial charge >= 0.3 is 0 Å². The molecule has 0 unspecified atom stereocenters. The van der Waals surface area contributed by atoms with Gasteiger partial charge in [0, 0.05) is 12.7 Å². The number of amides is 1. The lowest BCUT2D eigenvalue weighted by Gasteiger charge is -2.09. The first-order valence-electron chi connectivity index (χ1n) is 4.99. The van der Waals surface area contributed by atoms with Crippen LogP contribution in [0.2, 0.25) is 0 Å². The Hall–Kier alpha value is -1.82. The lowest BCUT2D eigenvalue weighted by atomic mass is 9.95. The minimum Gasteiger partial charge on any atom is -0.314 e. The zero-order valence-corrected chi connectivity index (χ0v) is 8.40. The average molecular weight is 198 g/mol. The van der Waals surface area contributed by atoms with Crippen LogP contribution < -0.4 is 4.90 Å². The maximum absolute atomic E-state index is 12.1. The van der Waals surface area contributed by atoms with Crippen molar-refractivity contribution < 1.29 is 4.79 Å². The molecule has 2 atom stereocenters. The van der Waals surface area contributed by atoms with Crippen molar-refractivity contribution in [1.82, 2.24) is 0 Å². The SMILES string of the molecule is CN1C(=O)[C@@]2(C[C@H]2C#N)c2ccccc21. The van der Waals surface area contributed by atoms with Crippen LogP contribution in [-0.4, -0.2) is 13.0 Å². The zero-order chi connectivity index (χ0) is 10.6. The molecule has 15 heavy (non-hydrogen) atoms. The summed E-state index contributed by atoms with van der Waals surface area (Å²) in [6, 6.07) is 9.97. The van der Waals surface area contributed by atoms with E-state index >= 15 is 0 Å². The van der Waals surface area contributed by atoms with Crippen LogP contribution in [0.3, 0.4) is 0 Å². The molecule has 0 bridgehead atoms. The topological polar surface area (TPSA) is 44.1 Å². The largest absolute Gasteiger partial charge is 0.314 e. The molecular formula is C12H10N2O. The van der Waals surface area contributed by atoms with Crippen molar-refractivity contribution in [3.8, 4) is 6.07 Å². The molecule has 1 aliphatic carbocycles. The third-order valence-electron chi connectivity index (χ3n) is 3.55. The van der Waals surface area contributed by atoms with Crippen LogP contribution in [0.5, 0.6) is 0 Å². The second kappa shape index (κ2) is 2.40. The molecule has 0 saturated heterocycles. The standard InChI is InChI=1S/C12H10N2O/c1-14-10-5-3-2-4-9(10)12(11(14)15)6-8(12)7-13/h2-5,8H,6H2,1H3/t8-,12+/m0/s1. The van der Waals surface area contributed by atoms with Crippen molar-refractivity contribution in [2.45, 2.75) is 11.8 Å². The summed E-state index contributed by atoms with van der Waals surface area (Å²) in [5.74, 6) is -0.0497. The van der Waals surface area contributed by atoms with E-state index in [0.29, 0.717) is 6.42 Å². The van der Waals surface area contributed by atoms with Crippen molar-refractivity contribution >= 4 is 11.6 Å². The van der Waals surface area contributed by atoms with E-state index in [4.69, 9.17) is 5.26 Å². The van der Waals surface area contributed by atoms with Gasteiger partial charge in [-0.25, -0.2) is 0 Å². The summed E-state index contributed by atoms with van der Waals surface area (Å²) >= 11 is 0. The molecule has 1 fully saturated rings. The van der Waals surface area contributed by atoms with E-state index in [-0.39, 0.29) is 11.8 Å². The Bertz CT molecular complexity index is 503. The van der Waals surface area contributed by atoms with E-state index in [2.05, 4.69) is 6.07 Å². The molecule has 74 valence electrons. The molecule has 3 nitrogen and oxygen atoms in total. The summed E-state index contributed by atoms with van der Waals surface area (Å²) in [7, 11) is 1.78. The number of benzene rings is 1. The van der Waals surface area contributed by atoms with Crippen molar-refractivity contribution in [3.63, 3.8) is 0 Å². The van der Waals surface area contributed by atoms with Gasteiger partial charge < -0.3 is 4.90 Å². The molecule has 1 heterocycles. The van der Waals surface area contributed by atoms with Gasteiger partial charge in [0.25, 0.3) is 0 Å². The Morgan fingerprint density at radius 1 is 1.53 bits per heavy atom. The Balaban J connectivity index is 2.22. The third-order valence-corrected chi connectivity index (χ3v) is 3.55. The van der Waals surface area contributed by atoms with Gasteiger partial charge in [-0.15, -0.1) is 0 Å². The summed E-state index contributed by atoms with van der Waals surface area (Å²) in [6.45, 7) is 0. The number of nitriles is 1. The average Bonchev–Trinajstić information content (AvgIpc) is 2.98. The molecule has 1 aliphatic heterocycles. The van der Waals surface area contributed by atoms with Crippen molar-refractivity contribution in [1.29, 1.82) is 5.26 Å². The first-order chi connectivity index (χ1) is 7.21. The first kappa shape index (κ1) is 8.49. The number of hydrogen-bond donors (Lipinski definition) is 0. The van der Waals surface area contributed by atoms with Gasteiger partial charge in [-0.1, -0.05) is 18.2 Å². The highest BCUT2D eigenvalue weighted by atomic mass is 16.2. The maximum atomic E-state index is 12.1. The van der Waals surface area contributed by atoms with Gasteiger partial charge in [0.2, 0.25) is 5.91 Å². The second-order valence-corrected chi connectivity index (χ2v) is 4.24. The van der Waals surface area contributed by atoms with Crippen LogP contribution >= 0.6 is 0 Å². The minimum absolute atomic E-state index is 0.0789. The molecule has 0 aromatic heterocycles. The second-order valence-electron chi connectivity index (χ2n) is 4.24.